The summed E-state index contributed by atoms with van der Waals surface area (Å²) in [6, 6.07) is 14.5. The molecule has 0 saturated heterocycles. The first kappa shape index (κ1) is 12.8. The Morgan fingerprint density at radius 3 is 2.61 bits per heavy atom. The topological polar surface area (TPSA) is 33.0 Å². The van der Waals surface area contributed by atoms with Crippen LogP contribution in [0, 0.1) is 11.3 Å². The van der Waals surface area contributed by atoms with Gasteiger partial charge < -0.3 is 4.74 Å². The van der Waals surface area contributed by atoms with Gasteiger partial charge in [0.05, 0.1) is 21.7 Å². The molecule has 0 spiro atoms. The van der Waals surface area contributed by atoms with Gasteiger partial charge in [0.1, 0.15) is 12.4 Å². The van der Waals surface area contributed by atoms with Crippen molar-refractivity contribution in [2.24, 2.45) is 0 Å². The van der Waals surface area contributed by atoms with Crippen molar-refractivity contribution in [3.8, 4) is 11.8 Å². The van der Waals surface area contributed by atoms with E-state index in [2.05, 4.69) is 6.07 Å². The van der Waals surface area contributed by atoms with Crippen LogP contribution in [0.25, 0.3) is 0 Å². The van der Waals surface area contributed by atoms with E-state index in [9.17, 15) is 0 Å². The maximum absolute atomic E-state index is 8.79. The molecule has 0 aliphatic rings. The Kier molecular flexibility index (Phi) is 4.09. The van der Waals surface area contributed by atoms with E-state index < -0.39 is 0 Å². The Balaban J connectivity index is 2.07. The van der Waals surface area contributed by atoms with Gasteiger partial charge in [-0.2, -0.15) is 5.26 Å². The van der Waals surface area contributed by atoms with Crippen molar-refractivity contribution in [1.29, 1.82) is 5.26 Å². The predicted molar refractivity (Wildman–Crippen MR) is 72.0 cm³/mol. The SMILES string of the molecule is N#Cc1cccc(COc2ccc(Cl)c(Cl)c2)c1. The van der Waals surface area contributed by atoms with Gasteiger partial charge in [0.25, 0.3) is 0 Å². The number of nitrogens with zero attached hydrogens (tertiary/aromatic N) is 1. The van der Waals surface area contributed by atoms with E-state index in [-0.39, 0.29) is 0 Å². The lowest BCUT2D eigenvalue weighted by molar-refractivity contribution is 0.306. The second kappa shape index (κ2) is 5.77. The van der Waals surface area contributed by atoms with Gasteiger partial charge in [0.15, 0.2) is 0 Å². The highest BCUT2D eigenvalue weighted by Crippen LogP contribution is 2.26. The number of benzene rings is 2. The Hall–Kier alpha value is -1.69. The largest absolute Gasteiger partial charge is 0.489 e. The van der Waals surface area contributed by atoms with Gasteiger partial charge >= 0.3 is 0 Å². The Bertz CT molecular complexity index is 605. The van der Waals surface area contributed by atoms with Crippen LogP contribution in [0.5, 0.6) is 5.75 Å². The number of rotatable bonds is 3. The first-order valence-electron chi connectivity index (χ1n) is 5.26. The molecule has 2 rings (SSSR count). The quantitative estimate of drug-likeness (QED) is 0.831. The molecule has 0 fully saturated rings. The van der Waals surface area contributed by atoms with Crippen LogP contribution in [0.15, 0.2) is 42.5 Å². The third-order valence-electron chi connectivity index (χ3n) is 2.35. The van der Waals surface area contributed by atoms with E-state index >= 15 is 0 Å². The predicted octanol–water partition coefficient (Wildman–Crippen LogP) is 4.44. The summed E-state index contributed by atoms with van der Waals surface area (Å²) in [5.41, 5.74) is 1.55. The molecular weight excluding hydrogens is 269 g/mol. The molecule has 0 N–H and O–H groups in total. The highest BCUT2D eigenvalue weighted by Gasteiger charge is 2.01. The lowest BCUT2D eigenvalue weighted by atomic mass is 10.1. The normalized spacial score (nSPS) is 9.83. The van der Waals surface area contributed by atoms with Crippen LogP contribution in [0.4, 0.5) is 0 Å². The van der Waals surface area contributed by atoms with Gasteiger partial charge in [-0.25, -0.2) is 0 Å². The first-order valence-corrected chi connectivity index (χ1v) is 6.01. The van der Waals surface area contributed by atoms with Crippen molar-refractivity contribution in [3.63, 3.8) is 0 Å². The molecule has 90 valence electrons. The first-order chi connectivity index (χ1) is 8.69. The lowest BCUT2D eigenvalue weighted by Crippen LogP contribution is -1.95. The Labute approximate surface area is 115 Å². The summed E-state index contributed by atoms with van der Waals surface area (Å²) in [6.07, 6.45) is 0. The third kappa shape index (κ3) is 3.16. The van der Waals surface area contributed by atoms with Gasteiger partial charge in [0, 0.05) is 6.07 Å². The molecule has 18 heavy (non-hydrogen) atoms. The number of hydrogen-bond acceptors (Lipinski definition) is 2. The molecule has 0 atom stereocenters. The zero-order valence-corrected chi connectivity index (χ0v) is 10.9. The molecule has 0 heterocycles. The van der Waals surface area contributed by atoms with Crippen LogP contribution >= 0.6 is 23.2 Å². The molecule has 0 saturated carbocycles. The molecule has 0 radical (unpaired) electrons. The van der Waals surface area contributed by atoms with Crippen molar-refractivity contribution in [2.45, 2.75) is 6.61 Å². The van der Waals surface area contributed by atoms with Gasteiger partial charge in [-0.05, 0) is 29.8 Å². The molecule has 2 aromatic rings. The molecule has 0 aromatic heterocycles. The molecule has 4 heteroatoms. The molecule has 2 nitrogen and oxygen atoms in total. The average Bonchev–Trinajstić information content (AvgIpc) is 2.40. The second-order valence-electron chi connectivity index (χ2n) is 3.68. The van der Waals surface area contributed by atoms with Crippen LogP contribution < -0.4 is 4.74 Å². The summed E-state index contributed by atoms with van der Waals surface area (Å²) in [5, 5.41) is 9.75. The molecular formula is C14H9Cl2NO. The number of nitriles is 1. The van der Waals surface area contributed by atoms with E-state index in [0.717, 1.165) is 5.56 Å². The van der Waals surface area contributed by atoms with Gasteiger partial charge in [-0.1, -0.05) is 35.3 Å². The Morgan fingerprint density at radius 1 is 1.06 bits per heavy atom. The minimum Gasteiger partial charge on any atom is -0.489 e. The monoisotopic (exact) mass is 277 g/mol. The summed E-state index contributed by atoms with van der Waals surface area (Å²) < 4.78 is 5.57. The van der Waals surface area contributed by atoms with E-state index in [1.54, 1.807) is 30.3 Å². The molecule has 0 bridgehead atoms. The summed E-state index contributed by atoms with van der Waals surface area (Å²) >= 11 is 11.7. The van der Waals surface area contributed by atoms with Crippen molar-refractivity contribution >= 4 is 23.2 Å². The van der Waals surface area contributed by atoms with Crippen molar-refractivity contribution in [3.05, 3.63) is 63.6 Å². The summed E-state index contributed by atoms with van der Waals surface area (Å²) in [5.74, 6) is 0.645. The van der Waals surface area contributed by atoms with E-state index in [4.69, 9.17) is 33.2 Å². The van der Waals surface area contributed by atoms with Crippen LogP contribution in [0.3, 0.4) is 0 Å². The average molecular weight is 278 g/mol. The zero-order valence-electron chi connectivity index (χ0n) is 9.36. The molecule has 2 aromatic carbocycles. The fourth-order valence-electron chi connectivity index (χ4n) is 1.46. The number of halogens is 2. The van der Waals surface area contributed by atoms with Crippen molar-refractivity contribution in [2.75, 3.05) is 0 Å². The van der Waals surface area contributed by atoms with Crippen molar-refractivity contribution in [1.82, 2.24) is 0 Å². The van der Waals surface area contributed by atoms with Crippen molar-refractivity contribution < 1.29 is 4.74 Å². The minimum absolute atomic E-state index is 0.382. The smallest absolute Gasteiger partial charge is 0.121 e. The molecule has 0 amide bonds. The maximum atomic E-state index is 8.79. The lowest BCUT2D eigenvalue weighted by Gasteiger charge is -2.07. The molecule has 0 aliphatic heterocycles. The van der Waals surface area contributed by atoms with Gasteiger partial charge in [-0.3, -0.25) is 0 Å². The van der Waals surface area contributed by atoms with E-state index in [1.807, 2.05) is 12.1 Å². The summed E-state index contributed by atoms with van der Waals surface area (Å²) in [7, 11) is 0. The van der Waals surface area contributed by atoms with Crippen LogP contribution in [0.1, 0.15) is 11.1 Å². The summed E-state index contributed by atoms with van der Waals surface area (Å²) in [6.45, 7) is 0.382. The number of hydrogen-bond donors (Lipinski definition) is 0. The van der Waals surface area contributed by atoms with Crippen LogP contribution in [-0.2, 0) is 6.61 Å². The molecule has 0 aliphatic carbocycles. The molecule has 0 unspecified atom stereocenters. The standard InChI is InChI=1S/C14H9Cl2NO/c15-13-5-4-12(7-14(13)16)18-9-11-3-1-2-10(6-11)8-17/h1-7H,9H2. The van der Waals surface area contributed by atoms with Gasteiger partial charge in [-0.15, -0.1) is 0 Å². The third-order valence-corrected chi connectivity index (χ3v) is 3.09. The fourth-order valence-corrected chi connectivity index (χ4v) is 1.75. The zero-order chi connectivity index (χ0) is 13.0. The van der Waals surface area contributed by atoms with E-state index in [0.29, 0.717) is 28.0 Å². The van der Waals surface area contributed by atoms with Gasteiger partial charge in [0.2, 0.25) is 0 Å². The maximum Gasteiger partial charge on any atom is 0.121 e. The summed E-state index contributed by atoms with van der Waals surface area (Å²) in [4.78, 5) is 0. The Morgan fingerprint density at radius 2 is 1.89 bits per heavy atom. The highest BCUT2D eigenvalue weighted by atomic mass is 35.5. The minimum atomic E-state index is 0.382. The second-order valence-corrected chi connectivity index (χ2v) is 4.49. The van der Waals surface area contributed by atoms with Crippen LogP contribution in [-0.4, -0.2) is 0 Å². The van der Waals surface area contributed by atoms with Crippen LogP contribution in [0.2, 0.25) is 10.0 Å². The highest BCUT2D eigenvalue weighted by molar-refractivity contribution is 6.42. The van der Waals surface area contributed by atoms with E-state index in [1.165, 1.54) is 0 Å². The number of ether oxygens (including phenoxy) is 1. The fraction of sp³-hybridized carbons (Fsp3) is 0.0714.